The highest BCUT2D eigenvalue weighted by Gasteiger charge is 2.18. The number of para-hydroxylation sites is 1. The fourth-order valence-electron chi connectivity index (χ4n) is 2.62. The monoisotopic (exact) mass is 319 g/mol. The molecular formula is C17H25N3O3. The number of rotatable bonds is 7. The standard InChI is InChI=1S/C17H25N3O3/c1-23-17(22)8-5-9-18-16(21)14-19-10-12-20(13-11-19)15-6-3-2-4-7-15/h2-4,6-7H,5,8-14H2,1H3,(H,18,21). The van der Waals surface area contributed by atoms with Crippen molar-refractivity contribution in [3.8, 4) is 0 Å². The summed E-state index contributed by atoms with van der Waals surface area (Å²) in [5.74, 6) is -0.223. The first kappa shape index (κ1) is 17.3. The molecule has 0 aliphatic carbocycles. The van der Waals surface area contributed by atoms with Crippen LogP contribution in [0.4, 0.5) is 5.69 Å². The molecule has 0 unspecified atom stereocenters. The molecule has 1 aromatic carbocycles. The van der Waals surface area contributed by atoms with E-state index in [2.05, 4.69) is 32.0 Å². The van der Waals surface area contributed by atoms with E-state index in [1.807, 2.05) is 18.2 Å². The molecule has 1 fully saturated rings. The number of hydrogen-bond acceptors (Lipinski definition) is 5. The van der Waals surface area contributed by atoms with Crippen molar-refractivity contribution in [2.75, 3.05) is 51.3 Å². The second-order valence-corrected chi connectivity index (χ2v) is 5.63. The molecule has 0 saturated carbocycles. The van der Waals surface area contributed by atoms with Gasteiger partial charge in [-0.05, 0) is 18.6 Å². The molecule has 1 heterocycles. The molecule has 1 aliphatic heterocycles. The third kappa shape index (κ3) is 5.90. The van der Waals surface area contributed by atoms with Crippen molar-refractivity contribution in [1.29, 1.82) is 0 Å². The number of hydrogen-bond donors (Lipinski definition) is 1. The Bertz CT molecular complexity index is 499. The summed E-state index contributed by atoms with van der Waals surface area (Å²) in [6, 6.07) is 10.3. The maximum absolute atomic E-state index is 11.9. The van der Waals surface area contributed by atoms with Crippen LogP contribution >= 0.6 is 0 Å². The van der Waals surface area contributed by atoms with Gasteiger partial charge < -0.3 is 15.0 Å². The number of benzene rings is 1. The van der Waals surface area contributed by atoms with E-state index >= 15 is 0 Å². The Morgan fingerprint density at radius 3 is 2.48 bits per heavy atom. The van der Waals surface area contributed by atoms with Crippen LogP contribution in [0.5, 0.6) is 0 Å². The normalized spacial score (nSPS) is 15.3. The minimum Gasteiger partial charge on any atom is -0.469 e. The average molecular weight is 319 g/mol. The summed E-state index contributed by atoms with van der Waals surface area (Å²) in [5.41, 5.74) is 1.24. The fraction of sp³-hybridized carbons (Fsp3) is 0.529. The van der Waals surface area contributed by atoms with Crippen molar-refractivity contribution in [3.05, 3.63) is 30.3 Å². The molecule has 2 rings (SSSR count). The van der Waals surface area contributed by atoms with Crippen molar-refractivity contribution in [3.63, 3.8) is 0 Å². The van der Waals surface area contributed by atoms with E-state index in [1.54, 1.807) is 0 Å². The zero-order valence-corrected chi connectivity index (χ0v) is 13.7. The molecule has 23 heavy (non-hydrogen) atoms. The lowest BCUT2D eigenvalue weighted by Crippen LogP contribution is -2.49. The molecule has 0 spiro atoms. The van der Waals surface area contributed by atoms with Crippen LogP contribution in [0.2, 0.25) is 0 Å². The zero-order valence-electron chi connectivity index (χ0n) is 13.7. The van der Waals surface area contributed by atoms with Crippen molar-refractivity contribution < 1.29 is 14.3 Å². The maximum atomic E-state index is 11.9. The highest BCUT2D eigenvalue weighted by Crippen LogP contribution is 2.15. The number of amides is 1. The van der Waals surface area contributed by atoms with Crippen LogP contribution < -0.4 is 10.2 Å². The van der Waals surface area contributed by atoms with E-state index in [0.29, 0.717) is 25.9 Å². The number of methoxy groups -OCH3 is 1. The number of carbonyl (C=O) groups is 2. The van der Waals surface area contributed by atoms with Gasteiger partial charge in [0.1, 0.15) is 0 Å². The molecule has 0 atom stereocenters. The summed E-state index contributed by atoms with van der Waals surface area (Å²) < 4.78 is 4.56. The van der Waals surface area contributed by atoms with Crippen LogP contribution in [0, 0.1) is 0 Å². The summed E-state index contributed by atoms with van der Waals surface area (Å²) in [4.78, 5) is 27.4. The SMILES string of the molecule is COC(=O)CCCNC(=O)CN1CCN(c2ccccc2)CC1. The first-order valence-electron chi connectivity index (χ1n) is 8.05. The molecule has 0 bridgehead atoms. The predicted octanol–water partition coefficient (Wildman–Crippen LogP) is 0.878. The maximum Gasteiger partial charge on any atom is 0.305 e. The molecule has 1 saturated heterocycles. The van der Waals surface area contributed by atoms with E-state index < -0.39 is 0 Å². The number of esters is 1. The lowest BCUT2D eigenvalue weighted by molar-refractivity contribution is -0.140. The van der Waals surface area contributed by atoms with Gasteiger partial charge in [-0.3, -0.25) is 14.5 Å². The van der Waals surface area contributed by atoms with Crippen LogP contribution in [-0.4, -0.2) is 63.2 Å². The highest BCUT2D eigenvalue weighted by atomic mass is 16.5. The fourth-order valence-corrected chi connectivity index (χ4v) is 2.62. The highest BCUT2D eigenvalue weighted by molar-refractivity contribution is 5.78. The lowest BCUT2D eigenvalue weighted by Gasteiger charge is -2.35. The van der Waals surface area contributed by atoms with Crippen molar-refractivity contribution in [2.24, 2.45) is 0 Å². The van der Waals surface area contributed by atoms with Crippen LogP contribution in [0.25, 0.3) is 0 Å². The summed E-state index contributed by atoms with van der Waals surface area (Å²) in [5, 5.41) is 2.85. The van der Waals surface area contributed by atoms with E-state index in [9.17, 15) is 9.59 Å². The molecule has 1 aliphatic rings. The van der Waals surface area contributed by atoms with Crippen molar-refractivity contribution in [2.45, 2.75) is 12.8 Å². The van der Waals surface area contributed by atoms with Crippen LogP contribution in [-0.2, 0) is 14.3 Å². The molecular weight excluding hydrogens is 294 g/mol. The van der Waals surface area contributed by atoms with E-state index in [1.165, 1.54) is 12.8 Å². The second-order valence-electron chi connectivity index (χ2n) is 5.63. The Morgan fingerprint density at radius 2 is 1.83 bits per heavy atom. The summed E-state index contributed by atoms with van der Waals surface area (Å²) in [6.07, 6.45) is 0.951. The Labute approximate surface area is 137 Å². The molecule has 0 radical (unpaired) electrons. The van der Waals surface area contributed by atoms with Gasteiger partial charge in [0, 0.05) is 44.8 Å². The number of nitrogens with zero attached hydrogens (tertiary/aromatic N) is 2. The molecule has 0 aromatic heterocycles. The van der Waals surface area contributed by atoms with Crippen molar-refractivity contribution in [1.82, 2.24) is 10.2 Å². The van der Waals surface area contributed by atoms with Gasteiger partial charge in [-0.1, -0.05) is 18.2 Å². The van der Waals surface area contributed by atoms with Gasteiger partial charge in [-0.2, -0.15) is 0 Å². The van der Waals surface area contributed by atoms with Crippen molar-refractivity contribution >= 4 is 17.6 Å². The third-order valence-corrected chi connectivity index (χ3v) is 3.97. The van der Waals surface area contributed by atoms with Gasteiger partial charge in [0.15, 0.2) is 0 Å². The van der Waals surface area contributed by atoms with E-state index in [0.717, 1.165) is 26.2 Å². The van der Waals surface area contributed by atoms with Gasteiger partial charge in [-0.15, -0.1) is 0 Å². The zero-order chi connectivity index (χ0) is 16.5. The van der Waals surface area contributed by atoms with Gasteiger partial charge in [-0.25, -0.2) is 0 Å². The van der Waals surface area contributed by atoms with E-state index in [-0.39, 0.29) is 11.9 Å². The lowest BCUT2D eigenvalue weighted by atomic mass is 10.2. The predicted molar refractivity (Wildman–Crippen MR) is 89.4 cm³/mol. The summed E-state index contributed by atoms with van der Waals surface area (Å²) in [7, 11) is 1.37. The molecule has 126 valence electrons. The first-order chi connectivity index (χ1) is 11.2. The summed E-state index contributed by atoms with van der Waals surface area (Å²) >= 11 is 0. The first-order valence-corrected chi connectivity index (χ1v) is 8.05. The molecule has 6 heteroatoms. The number of ether oxygens (including phenoxy) is 1. The quantitative estimate of drug-likeness (QED) is 0.597. The average Bonchev–Trinajstić information content (AvgIpc) is 2.60. The minimum absolute atomic E-state index is 0.0167. The number of anilines is 1. The number of nitrogens with one attached hydrogen (secondary N) is 1. The summed E-state index contributed by atoms with van der Waals surface area (Å²) in [6.45, 7) is 4.55. The molecule has 6 nitrogen and oxygen atoms in total. The van der Waals surface area contributed by atoms with Gasteiger partial charge >= 0.3 is 5.97 Å². The number of carbonyl (C=O) groups excluding carboxylic acids is 2. The van der Waals surface area contributed by atoms with Gasteiger partial charge in [0.05, 0.1) is 13.7 Å². The second kappa shape index (κ2) is 9.15. The van der Waals surface area contributed by atoms with Gasteiger partial charge in [0.2, 0.25) is 5.91 Å². The Balaban J connectivity index is 1.62. The Hall–Kier alpha value is -2.08. The Morgan fingerprint density at radius 1 is 1.13 bits per heavy atom. The minimum atomic E-state index is -0.240. The third-order valence-electron chi connectivity index (χ3n) is 3.97. The van der Waals surface area contributed by atoms with Crippen LogP contribution in [0.3, 0.4) is 0 Å². The Kier molecular flexibility index (Phi) is 6.87. The largest absolute Gasteiger partial charge is 0.469 e. The number of piperazine rings is 1. The molecule has 1 aromatic rings. The van der Waals surface area contributed by atoms with Gasteiger partial charge in [0.25, 0.3) is 0 Å². The van der Waals surface area contributed by atoms with Crippen LogP contribution in [0.15, 0.2) is 30.3 Å². The topological polar surface area (TPSA) is 61.9 Å². The molecule has 1 N–H and O–H groups in total. The smallest absolute Gasteiger partial charge is 0.305 e. The van der Waals surface area contributed by atoms with Crippen LogP contribution in [0.1, 0.15) is 12.8 Å². The van der Waals surface area contributed by atoms with E-state index in [4.69, 9.17) is 0 Å². The molecule has 1 amide bonds.